The lowest BCUT2D eigenvalue weighted by molar-refractivity contribution is 0.170. The van der Waals surface area contributed by atoms with Gasteiger partial charge in [-0.25, -0.2) is 0 Å². The minimum atomic E-state index is 0.331. The van der Waals surface area contributed by atoms with Crippen LogP contribution in [0.15, 0.2) is 24.3 Å². The summed E-state index contributed by atoms with van der Waals surface area (Å²) in [5, 5.41) is 13.0. The fourth-order valence-corrected chi connectivity index (χ4v) is 2.55. The molecule has 2 N–H and O–H groups in total. The molecule has 0 radical (unpaired) electrons. The second-order valence-corrected chi connectivity index (χ2v) is 5.68. The van der Waals surface area contributed by atoms with E-state index in [1.54, 1.807) is 19.2 Å². The van der Waals surface area contributed by atoms with E-state index in [0.29, 0.717) is 17.2 Å². The number of phenolic OH excluding ortho intramolecular Hbond substituents is 1. The lowest BCUT2D eigenvalue weighted by Gasteiger charge is -2.22. The van der Waals surface area contributed by atoms with Crippen LogP contribution in [0, 0.1) is 5.41 Å². The van der Waals surface area contributed by atoms with Crippen molar-refractivity contribution in [2.45, 2.75) is 38.6 Å². The van der Waals surface area contributed by atoms with Crippen molar-refractivity contribution >= 4 is 0 Å². The lowest BCUT2D eigenvalue weighted by Crippen LogP contribution is -2.28. The first-order chi connectivity index (χ1) is 9.19. The molecule has 3 nitrogen and oxygen atoms in total. The maximum Gasteiger partial charge on any atom is 0.115 e. The molecule has 19 heavy (non-hydrogen) atoms. The predicted octanol–water partition coefficient (Wildman–Crippen LogP) is 3.25. The molecule has 0 heterocycles. The summed E-state index contributed by atoms with van der Waals surface area (Å²) in [4.78, 5) is 0. The fraction of sp³-hybridized carbons (Fsp3) is 0.625. The first-order valence-electron chi connectivity index (χ1n) is 7.20. The van der Waals surface area contributed by atoms with E-state index < -0.39 is 0 Å². The van der Waals surface area contributed by atoms with Gasteiger partial charge in [0, 0.05) is 26.3 Å². The second kappa shape index (κ2) is 6.40. The molecule has 1 unspecified atom stereocenters. The van der Waals surface area contributed by atoms with Gasteiger partial charge in [-0.15, -0.1) is 0 Å². The van der Waals surface area contributed by atoms with E-state index >= 15 is 0 Å². The van der Waals surface area contributed by atoms with Gasteiger partial charge in [-0.1, -0.05) is 19.1 Å². The topological polar surface area (TPSA) is 41.5 Å². The molecule has 106 valence electrons. The van der Waals surface area contributed by atoms with Crippen LogP contribution in [0.5, 0.6) is 5.75 Å². The number of hydrogen-bond acceptors (Lipinski definition) is 3. The van der Waals surface area contributed by atoms with Gasteiger partial charge in [0.1, 0.15) is 5.75 Å². The van der Waals surface area contributed by atoms with Gasteiger partial charge in [-0.3, -0.25) is 0 Å². The number of ether oxygens (including phenoxy) is 1. The number of aromatic hydroxyl groups is 1. The number of methoxy groups -OCH3 is 1. The second-order valence-electron chi connectivity index (χ2n) is 5.68. The molecule has 0 aliphatic heterocycles. The molecule has 0 aromatic heterocycles. The van der Waals surface area contributed by atoms with Crippen molar-refractivity contribution in [1.29, 1.82) is 0 Å². The minimum Gasteiger partial charge on any atom is -0.508 e. The normalized spacial score (nSPS) is 18.2. The minimum absolute atomic E-state index is 0.331. The number of phenols is 1. The van der Waals surface area contributed by atoms with E-state index in [0.717, 1.165) is 26.0 Å². The van der Waals surface area contributed by atoms with Gasteiger partial charge in [-0.05, 0) is 48.8 Å². The summed E-state index contributed by atoms with van der Waals surface area (Å²) in [6.45, 7) is 4.12. The van der Waals surface area contributed by atoms with Crippen LogP contribution in [0.2, 0.25) is 0 Å². The van der Waals surface area contributed by atoms with Gasteiger partial charge < -0.3 is 15.2 Å². The van der Waals surface area contributed by atoms with E-state index in [1.807, 2.05) is 12.1 Å². The van der Waals surface area contributed by atoms with Crippen molar-refractivity contribution in [3.63, 3.8) is 0 Å². The molecule has 1 fully saturated rings. The molecule has 0 spiro atoms. The van der Waals surface area contributed by atoms with E-state index in [4.69, 9.17) is 4.74 Å². The van der Waals surface area contributed by atoms with Crippen LogP contribution in [0.4, 0.5) is 0 Å². The molecular weight excluding hydrogens is 238 g/mol. The highest BCUT2D eigenvalue weighted by molar-refractivity contribution is 5.28. The zero-order valence-corrected chi connectivity index (χ0v) is 12.0. The van der Waals surface area contributed by atoms with Crippen molar-refractivity contribution < 1.29 is 9.84 Å². The molecule has 3 heteroatoms. The van der Waals surface area contributed by atoms with Gasteiger partial charge in [0.25, 0.3) is 0 Å². The number of nitrogens with one attached hydrogen (secondary N) is 1. The molecular formula is C16H25NO2. The zero-order chi connectivity index (χ0) is 13.7. The zero-order valence-electron chi connectivity index (χ0n) is 12.0. The summed E-state index contributed by atoms with van der Waals surface area (Å²) in [6.07, 6.45) is 4.85. The summed E-state index contributed by atoms with van der Waals surface area (Å²) in [6, 6.07) is 7.91. The summed E-state index contributed by atoms with van der Waals surface area (Å²) in [5.74, 6) is 0.331. The Bertz CT molecular complexity index is 384. The summed E-state index contributed by atoms with van der Waals surface area (Å²) >= 11 is 0. The van der Waals surface area contributed by atoms with Gasteiger partial charge in [0.05, 0.1) is 0 Å². The molecule has 1 aliphatic rings. The van der Waals surface area contributed by atoms with Crippen LogP contribution < -0.4 is 5.32 Å². The smallest absolute Gasteiger partial charge is 0.115 e. The maximum atomic E-state index is 9.34. The molecule has 1 saturated carbocycles. The van der Waals surface area contributed by atoms with Gasteiger partial charge in [0.2, 0.25) is 0 Å². The third-order valence-corrected chi connectivity index (χ3v) is 4.22. The Kier molecular flexibility index (Phi) is 4.83. The predicted molar refractivity (Wildman–Crippen MR) is 77.3 cm³/mol. The van der Waals surface area contributed by atoms with E-state index in [9.17, 15) is 5.11 Å². The Morgan fingerprint density at radius 1 is 1.32 bits per heavy atom. The van der Waals surface area contributed by atoms with Crippen molar-refractivity contribution in [2.75, 3.05) is 20.3 Å². The molecule has 0 bridgehead atoms. The summed E-state index contributed by atoms with van der Waals surface area (Å²) in [5.41, 5.74) is 1.73. The van der Waals surface area contributed by atoms with Crippen LogP contribution in [-0.2, 0) is 4.74 Å². The molecule has 0 amide bonds. The quantitative estimate of drug-likeness (QED) is 0.756. The Morgan fingerprint density at radius 3 is 2.53 bits per heavy atom. The van der Waals surface area contributed by atoms with Crippen LogP contribution in [0.25, 0.3) is 0 Å². The molecule has 1 aromatic rings. The van der Waals surface area contributed by atoms with Crippen LogP contribution in [0.3, 0.4) is 0 Å². The Balaban J connectivity index is 1.87. The summed E-state index contributed by atoms with van der Waals surface area (Å²) < 4.78 is 5.19. The standard InChI is InChI=1S/C16H25NO2/c1-3-15(13-4-6-14(18)7-5-13)17-12-16(8-9-16)10-11-19-2/h4-7,15,17-18H,3,8-12H2,1-2H3. The van der Waals surface area contributed by atoms with E-state index in [2.05, 4.69) is 12.2 Å². The average Bonchev–Trinajstić information content (AvgIpc) is 3.20. The van der Waals surface area contributed by atoms with Crippen molar-refractivity contribution in [1.82, 2.24) is 5.32 Å². The van der Waals surface area contributed by atoms with Crippen molar-refractivity contribution in [3.05, 3.63) is 29.8 Å². The number of benzene rings is 1. The van der Waals surface area contributed by atoms with Gasteiger partial charge in [-0.2, -0.15) is 0 Å². The van der Waals surface area contributed by atoms with Gasteiger partial charge >= 0.3 is 0 Å². The molecule has 1 aromatic carbocycles. The van der Waals surface area contributed by atoms with E-state index in [-0.39, 0.29) is 0 Å². The molecule has 1 atom stereocenters. The van der Waals surface area contributed by atoms with Crippen LogP contribution in [-0.4, -0.2) is 25.4 Å². The Morgan fingerprint density at radius 2 is 2.00 bits per heavy atom. The molecule has 0 saturated heterocycles. The van der Waals surface area contributed by atoms with Crippen LogP contribution >= 0.6 is 0 Å². The maximum absolute atomic E-state index is 9.34. The highest BCUT2D eigenvalue weighted by Crippen LogP contribution is 2.48. The summed E-state index contributed by atoms with van der Waals surface area (Å²) in [7, 11) is 1.77. The molecule has 2 rings (SSSR count). The lowest BCUT2D eigenvalue weighted by atomic mass is 10.00. The highest BCUT2D eigenvalue weighted by Gasteiger charge is 2.41. The van der Waals surface area contributed by atoms with E-state index in [1.165, 1.54) is 18.4 Å². The largest absolute Gasteiger partial charge is 0.508 e. The monoisotopic (exact) mass is 263 g/mol. The number of hydrogen-bond donors (Lipinski definition) is 2. The average molecular weight is 263 g/mol. The first kappa shape index (κ1) is 14.4. The van der Waals surface area contributed by atoms with Crippen molar-refractivity contribution in [3.8, 4) is 5.75 Å². The van der Waals surface area contributed by atoms with Gasteiger partial charge in [0.15, 0.2) is 0 Å². The molecule has 1 aliphatic carbocycles. The van der Waals surface area contributed by atoms with Crippen LogP contribution in [0.1, 0.15) is 44.2 Å². The fourth-order valence-electron chi connectivity index (χ4n) is 2.55. The SMILES string of the molecule is CCC(NCC1(CCOC)CC1)c1ccc(O)cc1. The highest BCUT2D eigenvalue weighted by atomic mass is 16.5. The Hall–Kier alpha value is -1.06. The number of rotatable bonds is 8. The Labute approximate surface area is 116 Å². The first-order valence-corrected chi connectivity index (χ1v) is 7.20. The van der Waals surface area contributed by atoms with Crippen molar-refractivity contribution in [2.24, 2.45) is 5.41 Å². The third kappa shape index (κ3) is 3.95. The third-order valence-electron chi connectivity index (χ3n) is 4.22.